The Kier molecular flexibility index (Phi) is 6.52. The number of carboxylic acids is 1. The second-order valence-corrected chi connectivity index (χ2v) is 5.75. The van der Waals surface area contributed by atoms with Crippen molar-refractivity contribution in [3.63, 3.8) is 0 Å². The summed E-state index contributed by atoms with van der Waals surface area (Å²) in [5, 5.41) is 12.2. The third-order valence-electron chi connectivity index (χ3n) is 2.93. The third-order valence-corrected chi connectivity index (χ3v) is 3.18. The first kappa shape index (κ1) is 16.5. The Morgan fingerprint density at radius 3 is 2.35 bits per heavy atom. The minimum absolute atomic E-state index is 0.0521. The standard InChI is InChI=1S/C15H20ClNO3/c1-10(2)7-11(8-14(18)19)9-17-15(20)12-3-5-13(16)6-4-12/h3-6,10-11H,7-9H2,1-2H3,(H,17,20)(H,18,19)/t11-/m0/s1. The molecule has 0 fully saturated rings. The molecule has 0 heterocycles. The number of carbonyl (C=O) groups excluding carboxylic acids is 1. The lowest BCUT2D eigenvalue weighted by Gasteiger charge is -2.17. The first-order chi connectivity index (χ1) is 9.38. The van der Waals surface area contributed by atoms with E-state index in [2.05, 4.69) is 5.32 Å². The molecule has 5 heteroatoms. The highest BCUT2D eigenvalue weighted by Crippen LogP contribution is 2.15. The number of rotatable bonds is 7. The SMILES string of the molecule is CC(C)C[C@H](CNC(=O)c1ccc(Cl)cc1)CC(=O)O. The highest BCUT2D eigenvalue weighted by Gasteiger charge is 2.16. The molecule has 1 atom stereocenters. The first-order valence-corrected chi connectivity index (χ1v) is 7.01. The number of amides is 1. The number of aliphatic carboxylic acids is 1. The summed E-state index contributed by atoms with van der Waals surface area (Å²) >= 11 is 5.76. The summed E-state index contributed by atoms with van der Waals surface area (Å²) in [5.41, 5.74) is 0.521. The highest BCUT2D eigenvalue weighted by atomic mass is 35.5. The Hall–Kier alpha value is -1.55. The molecule has 0 bridgehead atoms. The van der Waals surface area contributed by atoms with Crippen molar-refractivity contribution in [1.29, 1.82) is 0 Å². The molecule has 20 heavy (non-hydrogen) atoms. The van der Waals surface area contributed by atoms with Gasteiger partial charge in [0.25, 0.3) is 5.91 Å². The second-order valence-electron chi connectivity index (χ2n) is 5.31. The van der Waals surface area contributed by atoms with E-state index in [1.165, 1.54) is 0 Å². The van der Waals surface area contributed by atoms with Gasteiger partial charge in [0.15, 0.2) is 0 Å². The van der Waals surface area contributed by atoms with E-state index in [4.69, 9.17) is 16.7 Å². The van der Waals surface area contributed by atoms with Gasteiger partial charge in [0.05, 0.1) is 0 Å². The fourth-order valence-corrected chi connectivity index (χ4v) is 2.22. The average Bonchev–Trinajstić information content (AvgIpc) is 2.35. The minimum Gasteiger partial charge on any atom is -0.481 e. The Labute approximate surface area is 124 Å². The molecule has 0 saturated carbocycles. The molecule has 1 amide bonds. The number of nitrogens with one attached hydrogen (secondary N) is 1. The number of carboxylic acid groups (broad SMARTS) is 1. The number of benzene rings is 1. The van der Waals surface area contributed by atoms with E-state index >= 15 is 0 Å². The normalized spacial score (nSPS) is 12.2. The fourth-order valence-electron chi connectivity index (χ4n) is 2.09. The van der Waals surface area contributed by atoms with Crippen LogP contribution in [0.3, 0.4) is 0 Å². The van der Waals surface area contributed by atoms with Crippen molar-refractivity contribution in [2.75, 3.05) is 6.54 Å². The van der Waals surface area contributed by atoms with Gasteiger partial charge in [-0.1, -0.05) is 25.4 Å². The van der Waals surface area contributed by atoms with Gasteiger partial charge in [0.1, 0.15) is 0 Å². The zero-order valence-corrected chi connectivity index (χ0v) is 12.5. The van der Waals surface area contributed by atoms with Crippen LogP contribution in [0.15, 0.2) is 24.3 Å². The Morgan fingerprint density at radius 2 is 1.85 bits per heavy atom. The molecule has 0 spiro atoms. The summed E-state index contributed by atoms with van der Waals surface area (Å²) in [6.45, 7) is 4.44. The van der Waals surface area contributed by atoms with Gasteiger partial charge in [-0.2, -0.15) is 0 Å². The molecule has 0 unspecified atom stereocenters. The van der Waals surface area contributed by atoms with Crippen molar-refractivity contribution in [3.05, 3.63) is 34.9 Å². The third kappa shape index (κ3) is 6.06. The first-order valence-electron chi connectivity index (χ1n) is 6.64. The lowest BCUT2D eigenvalue weighted by Crippen LogP contribution is -2.31. The molecule has 0 aromatic heterocycles. The number of hydrogen-bond acceptors (Lipinski definition) is 2. The Balaban J connectivity index is 2.55. The van der Waals surface area contributed by atoms with Gasteiger partial charge in [-0.3, -0.25) is 9.59 Å². The molecule has 0 saturated heterocycles. The molecule has 0 aliphatic heterocycles. The van der Waals surface area contributed by atoms with Gasteiger partial charge >= 0.3 is 5.97 Å². The maximum absolute atomic E-state index is 11.9. The smallest absolute Gasteiger partial charge is 0.303 e. The second kappa shape index (κ2) is 7.90. The van der Waals surface area contributed by atoms with Crippen LogP contribution in [0.1, 0.15) is 37.0 Å². The van der Waals surface area contributed by atoms with E-state index in [0.29, 0.717) is 23.0 Å². The zero-order valence-electron chi connectivity index (χ0n) is 11.7. The fraction of sp³-hybridized carbons (Fsp3) is 0.467. The Bertz CT molecular complexity index is 457. The average molecular weight is 298 g/mol. The van der Waals surface area contributed by atoms with Crippen LogP contribution in [-0.4, -0.2) is 23.5 Å². The lowest BCUT2D eigenvalue weighted by molar-refractivity contribution is -0.138. The van der Waals surface area contributed by atoms with E-state index in [0.717, 1.165) is 6.42 Å². The summed E-state index contributed by atoms with van der Waals surface area (Å²) in [6, 6.07) is 6.59. The van der Waals surface area contributed by atoms with E-state index in [1.54, 1.807) is 24.3 Å². The molecule has 0 aliphatic rings. The highest BCUT2D eigenvalue weighted by molar-refractivity contribution is 6.30. The topological polar surface area (TPSA) is 66.4 Å². The molecule has 1 aromatic carbocycles. The Morgan fingerprint density at radius 1 is 1.25 bits per heavy atom. The van der Waals surface area contributed by atoms with E-state index < -0.39 is 5.97 Å². The summed E-state index contributed by atoms with van der Waals surface area (Å²) in [4.78, 5) is 22.7. The van der Waals surface area contributed by atoms with Crippen molar-refractivity contribution in [2.24, 2.45) is 11.8 Å². The van der Waals surface area contributed by atoms with Crippen molar-refractivity contribution in [1.82, 2.24) is 5.32 Å². The van der Waals surface area contributed by atoms with Gasteiger partial charge in [0, 0.05) is 23.6 Å². The quantitative estimate of drug-likeness (QED) is 0.812. The van der Waals surface area contributed by atoms with Gasteiger partial charge in [-0.05, 0) is 42.5 Å². The van der Waals surface area contributed by atoms with Crippen LogP contribution >= 0.6 is 11.6 Å². The number of hydrogen-bond donors (Lipinski definition) is 2. The molecule has 1 rings (SSSR count). The van der Waals surface area contributed by atoms with E-state index in [9.17, 15) is 9.59 Å². The maximum atomic E-state index is 11.9. The van der Waals surface area contributed by atoms with Crippen LogP contribution in [0.5, 0.6) is 0 Å². The molecule has 1 aromatic rings. The monoisotopic (exact) mass is 297 g/mol. The number of halogens is 1. The van der Waals surface area contributed by atoms with Crippen LogP contribution in [0.2, 0.25) is 5.02 Å². The molecule has 2 N–H and O–H groups in total. The van der Waals surface area contributed by atoms with Crippen LogP contribution < -0.4 is 5.32 Å². The van der Waals surface area contributed by atoms with Crippen LogP contribution in [0.4, 0.5) is 0 Å². The summed E-state index contributed by atoms with van der Waals surface area (Å²) in [6.07, 6.45) is 0.840. The minimum atomic E-state index is -0.837. The molecule has 4 nitrogen and oxygen atoms in total. The van der Waals surface area contributed by atoms with Crippen LogP contribution in [0, 0.1) is 11.8 Å². The number of carbonyl (C=O) groups is 2. The van der Waals surface area contributed by atoms with Gasteiger partial charge in [0.2, 0.25) is 0 Å². The summed E-state index contributed by atoms with van der Waals surface area (Å²) in [5.74, 6) is -0.701. The van der Waals surface area contributed by atoms with Gasteiger partial charge in [-0.25, -0.2) is 0 Å². The van der Waals surface area contributed by atoms with E-state index in [1.807, 2.05) is 13.8 Å². The molecule has 0 aliphatic carbocycles. The molecular formula is C15H20ClNO3. The lowest BCUT2D eigenvalue weighted by atomic mass is 9.94. The molecular weight excluding hydrogens is 278 g/mol. The summed E-state index contributed by atoms with van der Waals surface area (Å²) < 4.78 is 0. The van der Waals surface area contributed by atoms with Gasteiger partial charge < -0.3 is 10.4 Å². The van der Waals surface area contributed by atoms with Crippen LogP contribution in [0.25, 0.3) is 0 Å². The van der Waals surface area contributed by atoms with Crippen LogP contribution in [-0.2, 0) is 4.79 Å². The van der Waals surface area contributed by atoms with Crippen molar-refractivity contribution < 1.29 is 14.7 Å². The molecule has 0 radical (unpaired) electrons. The van der Waals surface area contributed by atoms with E-state index in [-0.39, 0.29) is 18.2 Å². The summed E-state index contributed by atoms with van der Waals surface area (Å²) in [7, 11) is 0. The van der Waals surface area contributed by atoms with Crippen molar-refractivity contribution in [3.8, 4) is 0 Å². The predicted molar refractivity (Wildman–Crippen MR) is 79.0 cm³/mol. The predicted octanol–water partition coefficient (Wildman–Crippen LogP) is 3.21. The van der Waals surface area contributed by atoms with Crippen molar-refractivity contribution >= 4 is 23.5 Å². The largest absolute Gasteiger partial charge is 0.481 e. The van der Waals surface area contributed by atoms with Crippen molar-refractivity contribution in [2.45, 2.75) is 26.7 Å². The maximum Gasteiger partial charge on any atom is 0.303 e. The zero-order chi connectivity index (χ0) is 15.1. The van der Waals surface area contributed by atoms with Gasteiger partial charge in [-0.15, -0.1) is 0 Å². The molecule has 110 valence electrons.